The van der Waals surface area contributed by atoms with Crippen molar-refractivity contribution >= 4 is 23.5 Å². The van der Waals surface area contributed by atoms with Crippen LogP contribution in [0.3, 0.4) is 0 Å². The Morgan fingerprint density at radius 1 is 0.909 bits per heavy atom. The van der Waals surface area contributed by atoms with E-state index in [2.05, 4.69) is 10.3 Å². The number of carbonyl (C=O) groups excluding carboxylic acids is 3. The summed E-state index contributed by atoms with van der Waals surface area (Å²) < 4.78 is 20.7. The third kappa shape index (κ3) is 3.71. The Labute approximate surface area is 189 Å². The summed E-state index contributed by atoms with van der Waals surface area (Å²) in [6.07, 6.45) is 0. The number of anilines is 1. The van der Waals surface area contributed by atoms with Crippen LogP contribution in [0, 0.1) is 0 Å². The third-order valence-electron chi connectivity index (χ3n) is 5.52. The van der Waals surface area contributed by atoms with Crippen molar-refractivity contribution in [3.8, 4) is 17.2 Å². The van der Waals surface area contributed by atoms with Gasteiger partial charge in [0.15, 0.2) is 23.6 Å². The van der Waals surface area contributed by atoms with E-state index in [0.717, 1.165) is 4.90 Å². The Balaban J connectivity index is 1.62. The number of fused-ring (bicyclic) bond motifs is 1. The second kappa shape index (κ2) is 8.77. The lowest BCUT2D eigenvalue weighted by molar-refractivity contribution is -0.123. The van der Waals surface area contributed by atoms with Gasteiger partial charge in [-0.1, -0.05) is 5.22 Å². The number of carbonyl (C=O) groups is 3. The summed E-state index contributed by atoms with van der Waals surface area (Å²) in [5, 5.41) is 9.51. The minimum atomic E-state index is -0.972. The first-order valence-electron chi connectivity index (χ1n) is 9.96. The molecule has 4 rings (SSSR count). The minimum absolute atomic E-state index is 0.0947. The van der Waals surface area contributed by atoms with Gasteiger partial charge >= 0.3 is 5.97 Å². The molecule has 0 unspecified atom stereocenters. The molecule has 1 fully saturated rings. The van der Waals surface area contributed by atoms with Gasteiger partial charge in [0.2, 0.25) is 0 Å². The highest BCUT2D eigenvalue weighted by Crippen LogP contribution is 2.37. The van der Waals surface area contributed by atoms with E-state index in [-0.39, 0.29) is 6.54 Å². The molecular formula is C22H22N4O7. The van der Waals surface area contributed by atoms with Crippen LogP contribution in [0.25, 0.3) is 0 Å². The van der Waals surface area contributed by atoms with E-state index in [1.807, 2.05) is 0 Å². The molecule has 2 atom stereocenters. The highest BCUT2D eigenvalue weighted by Gasteiger charge is 2.55. The van der Waals surface area contributed by atoms with E-state index in [1.54, 1.807) is 36.4 Å². The van der Waals surface area contributed by atoms with E-state index in [4.69, 9.17) is 18.9 Å². The first-order valence-corrected chi connectivity index (χ1v) is 9.96. The molecular weight excluding hydrogens is 432 g/mol. The van der Waals surface area contributed by atoms with E-state index in [9.17, 15) is 14.4 Å². The van der Waals surface area contributed by atoms with Crippen LogP contribution in [0.2, 0.25) is 0 Å². The van der Waals surface area contributed by atoms with Gasteiger partial charge in [0, 0.05) is 11.6 Å². The van der Waals surface area contributed by atoms with E-state index in [0.29, 0.717) is 34.1 Å². The zero-order chi connectivity index (χ0) is 23.7. The predicted molar refractivity (Wildman–Crippen MR) is 114 cm³/mol. The molecule has 33 heavy (non-hydrogen) atoms. The Bertz CT molecular complexity index is 1150. The number of ether oxygens (including phenoxy) is 4. The fourth-order valence-corrected chi connectivity index (χ4v) is 3.89. The van der Waals surface area contributed by atoms with Gasteiger partial charge in [-0.15, -0.1) is 0 Å². The Kier molecular flexibility index (Phi) is 5.86. The average Bonchev–Trinajstić information content (AvgIpc) is 3.37. The molecule has 2 aromatic rings. The molecule has 0 bridgehead atoms. The van der Waals surface area contributed by atoms with Crippen LogP contribution in [0.4, 0.5) is 5.69 Å². The maximum Gasteiger partial charge on any atom is 0.337 e. The van der Waals surface area contributed by atoms with Crippen molar-refractivity contribution in [3.63, 3.8) is 0 Å². The zero-order valence-corrected chi connectivity index (χ0v) is 18.5. The molecule has 0 N–H and O–H groups in total. The van der Waals surface area contributed by atoms with E-state index >= 15 is 0 Å². The second-order valence-electron chi connectivity index (χ2n) is 7.26. The number of imide groups is 1. The quantitative estimate of drug-likeness (QED) is 0.460. The molecule has 11 nitrogen and oxygen atoms in total. The molecule has 0 radical (unpaired) electrons. The van der Waals surface area contributed by atoms with Crippen molar-refractivity contribution in [1.82, 2.24) is 5.01 Å². The zero-order valence-electron chi connectivity index (χ0n) is 18.5. The lowest BCUT2D eigenvalue weighted by Crippen LogP contribution is -2.39. The van der Waals surface area contributed by atoms with Crippen molar-refractivity contribution in [1.29, 1.82) is 0 Å². The molecule has 2 aliphatic rings. The SMILES string of the molecule is COC(=O)c1ccc(OC)c(CN2N=N[C@H]3C(=O)N(c4ccc(OC)c(OC)c4)C(=O)[C@@H]32)c1. The highest BCUT2D eigenvalue weighted by atomic mass is 16.5. The fourth-order valence-electron chi connectivity index (χ4n) is 3.89. The molecule has 2 amide bonds. The van der Waals surface area contributed by atoms with Gasteiger partial charge in [-0.2, -0.15) is 5.11 Å². The Morgan fingerprint density at radius 2 is 1.61 bits per heavy atom. The number of rotatable bonds is 7. The van der Waals surface area contributed by atoms with Crippen molar-refractivity contribution < 1.29 is 33.3 Å². The summed E-state index contributed by atoms with van der Waals surface area (Å²) in [7, 11) is 5.75. The number of nitrogens with zero attached hydrogens (tertiary/aromatic N) is 4. The Hall–Kier alpha value is -4.15. The molecule has 0 spiro atoms. The van der Waals surface area contributed by atoms with Gasteiger partial charge in [0.1, 0.15) is 5.75 Å². The molecule has 11 heteroatoms. The molecule has 0 aromatic heterocycles. The maximum atomic E-state index is 13.3. The first kappa shape index (κ1) is 22.1. The summed E-state index contributed by atoms with van der Waals surface area (Å²) >= 11 is 0. The van der Waals surface area contributed by atoms with Gasteiger partial charge in [-0.05, 0) is 30.3 Å². The van der Waals surface area contributed by atoms with Crippen molar-refractivity contribution in [2.24, 2.45) is 10.3 Å². The summed E-state index contributed by atoms with van der Waals surface area (Å²) in [5.41, 5.74) is 1.25. The number of amides is 2. The number of hydrogen-bond acceptors (Lipinski definition) is 10. The summed E-state index contributed by atoms with van der Waals surface area (Å²) in [4.78, 5) is 39.3. The van der Waals surface area contributed by atoms with Crippen LogP contribution in [0.5, 0.6) is 17.2 Å². The lowest BCUT2D eigenvalue weighted by atomic mass is 10.1. The first-order chi connectivity index (χ1) is 15.9. The average molecular weight is 454 g/mol. The predicted octanol–water partition coefficient (Wildman–Crippen LogP) is 1.99. The molecule has 1 saturated heterocycles. The maximum absolute atomic E-state index is 13.3. The van der Waals surface area contributed by atoms with Crippen LogP contribution in [-0.4, -0.2) is 63.3 Å². The van der Waals surface area contributed by atoms with Crippen molar-refractivity contribution in [2.45, 2.75) is 18.6 Å². The van der Waals surface area contributed by atoms with Gasteiger partial charge in [-0.3, -0.25) is 14.6 Å². The number of esters is 1. The van der Waals surface area contributed by atoms with Crippen molar-refractivity contribution in [3.05, 3.63) is 47.5 Å². The number of methoxy groups -OCH3 is 4. The van der Waals surface area contributed by atoms with Crippen LogP contribution < -0.4 is 19.1 Å². The molecule has 2 aliphatic heterocycles. The normalized spacial score (nSPS) is 19.0. The van der Waals surface area contributed by atoms with Crippen LogP contribution in [-0.2, 0) is 20.9 Å². The van der Waals surface area contributed by atoms with Crippen LogP contribution in [0.1, 0.15) is 15.9 Å². The van der Waals surface area contributed by atoms with Gasteiger partial charge in [-0.25, -0.2) is 9.69 Å². The summed E-state index contributed by atoms with van der Waals surface area (Å²) in [5.74, 6) is -0.111. The molecule has 2 aromatic carbocycles. The van der Waals surface area contributed by atoms with Crippen LogP contribution in [0.15, 0.2) is 46.7 Å². The molecule has 172 valence electrons. The van der Waals surface area contributed by atoms with Gasteiger partial charge < -0.3 is 18.9 Å². The van der Waals surface area contributed by atoms with Gasteiger partial charge in [0.25, 0.3) is 11.8 Å². The summed E-state index contributed by atoms with van der Waals surface area (Å²) in [6, 6.07) is 7.68. The fraction of sp³-hybridized carbons (Fsp3) is 0.318. The summed E-state index contributed by atoms with van der Waals surface area (Å²) in [6.45, 7) is 0.0947. The number of benzene rings is 2. The minimum Gasteiger partial charge on any atom is -0.496 e. The monoisotopic (exact) mass is 454 g/mol. The topological polar surface area (TPSA) is 119 Å². The largest absolute Gasteiger partial charge is 0.496 e. The van der Waals surface area contributed by atoms with Crippen LogP contribution >= 0.6 is 0 Å². The molecule has 2 heterocycles. The smallest absolute Gasteiger partial charge is 0.337 e. The number of hydrogen-bond donors (Lipinski definition) is 0. The second-order valence-corrected chi connectivity index (χ2v) is 7.26. The highest BCUT2D eigenvalue weighted by molar-refractivity contribution is 6.25. The van der Waals surface area contributed by atoms with Gasteiger partial charge in [0.05, 0.1) is 46.2 Å². The third-order valence-corrected chi connectivity index (χ3v) is 5.52. The van der Waals surface area contributed by atoms with E-state index < -0.39 is 29.9 Å². The lowest BCUT2D eigenvalue weighted by Gasteiger charge is -2.22. The van der Waals surface area contributed by atoms with E-state index in [1.165, 1.54) is 33.4 Å². The Morgan fingerprint density at radius 3 is 2.27 bits per heavy atom. The standard InChI is InChI=1S/C22H22N4O7/c1-30-15-7-5-12(22(29)33-4)9-13(15)11-25-19-18(23-24-25)20(27)26(21(19)28)14-6-8-16(31-2)17(10-14)32-3/h5-10,18-19H,11H2,1-4H3/t18-,19-/m1/s1. The van der Waals surface area contributed by atoms with Crippen molar-refractivity contribution in [2.75, 3.05) is 33.3 Å². The molecule has 0 saturated carbocycles. The molecule has 0 aliphatic carbocycles.